The summed E-state index contributed by atoms with van der Waals surface area (Å²) in [6.07, 6.45) is 1.03. The van der Waals surface area contributed by atoms with Crippen LogP contribution in [0.25, 0.3) is 0 Å². The van der Waals surface area contributed by atoms with Crippen LogP contribution in [0.2, 0.25) is 0 Å². The zero-order valence-corrected chi connectivity index (χ0v) is 16.1. The van der Waals surface area contributed by atoms with Gasteiger partial charge in [0.2, 0.25) is 5.91 Å². The van der Waals surface area contributed by atoms with Crippen LogP contribution < -0.4 is 10.6 Å². The third kappa shape index (κ3) is 5.69. The first-order valence-electron chi connectivity index (χ1n) is 8.08. The third-order valence-corrected chi connectivity index (χ3v) is 5.07. The lowest BCUT2D eigenvalue weighted by Gasteiger charge is -2.18. The van der Waals surface area contributed by atoms with Crippen LogP contribution >= 0.6 is 12.4 Å². The van der Waals surface area contributed by atoms with Crippen LogP contribution in [-0.4, -0.2) is 58.3 Å². The van der Waals surface area contributed by atoms with Gasteiger partial charge in [0, 0.05) is 38.7 Å². The summed E-state index contributed by atoms with van der Waals surface area (Å²) in [7, 11) is -1.81. The van der Waals surface area contributed by atoms with E-state index in [0.29, 0.717) is 37.3 Å². The van der Waals surface area contributed by atoms with E-state index in [1.54, 1.807) is 36.2 Å². The molecule has 7 nitrogen and oxygen atoms in total. The average Bonchev–Trinajstić information content (AvgIpc) is 2.84. The molecule has 0 aliphatic carbocycles. The fraction of sp³-hybridized carbons (Fsp3) is 0.500. The third-order valence-electron chi connectivity index (χ3n) is 3.75. The molecule has 1 heterocycles. The van der Waals surface area contributed by atoms with Crippen molar-refractivity contribution in [2.24, 2.45) is 4.40 Å². The monoisotopic (exact) mass is 388 g/mol. The highest BCUT2D eigenvalue weighted by atomic mass is 35.5. The molecule has 0 saturated heterocycles. The number of amidine groups is 1. The van der Waals surface area contributed by atoms with Crippen molar-refractivity contribution in [1.82, 2.24) is 15.5 Å². The summed E-state index contributed by atoms with van der Waals surface area (Å²) in [6.45, 7) is 4.83. The fourth-order valence-electron chi connectivity index (χ4n) is 2.50. The molecule has 0 saturated carbocycles. The van der Waals surface area contributed by atoms with Gasteiger partial charge in [0.15, 0.2) is 0 Å². The van der Waals surface area contributed by atoms with Crippen LogP contribution in [-0.2, 0) is 14.8 Å². The van der Waals surface area contributed by atoms with E-state index in [4.69, 9.17) is 0 Å². The van der Waals surface area contributed by atoms with E-state index in [9.17, 15) is 13.2 Å². The molecule has 1 aromatic carbocycles. The van der Waals surface area contributed by atoms with Crippen molar-refractivity contribution in [2.75, 3.05) is 33.2 Å². The molecule has 1 aliphatic heterocycles. The lowest BCUT2D eigenvalue weighted by molar-refractivity contribution is -0.121. The van der Waals surface area contributed by atoms with Crippen LogP contribution in [0.5, 0.6) is 0 Å². The summed E-state index contributed by atoms with van der Waals surface area (Å²) in [5, 5.41) is 5.98. The van der Waals surface area contributed by atoms with Crippen molar-refractivity contribution >= 4 is 34.2 Å². The molecular weight excluding hydrogens is 364 g/mol. The number of carbonyl (C=O) groups is 1. The number of fused-ring (bicyclic) bond motifs is 1. The first kappa shape index (κ1) is 21.4. The second-order valence-electron chi connectivity index (χ2n) is 5.61. The highest BCUT2D eigenvalue weighted by Gasteiger charge is 2.30. The Morgan fingerprint density at radius 3 is 2.68 bits per heavy atom. The Labute approximate surface area is 155 Å². The number of likely N-dealkylation sites (N-methyl/N-ethyl adjacent to an activating group) is 1. The topological polar surface area (TPSA) is 90.9 Å². The summed E-state index contributed by atoms with van der Waals surface area (Å²) in [4.78, 5) is 13.8. The zero-order valence-electron chi connectivity index (χ0n) is 14.5. The van der Waals surface area contributed by atoms with Gasteiger partial charge in [-0.05, 0) is 25.1 Å². The Balaban J connectivity index is 0.00000312. The second-order valence-corrected chi connectivity index (χ2v) is 7.19. The van der Waals surface area contributed by atoms with Gasteiger partial charge in [-0.1, -0.05) is 19.1 Å². The van der Waals surface area contributed by atoms with E-state index in [-0.39, 0.29) is 23.2 Å². The molecule has 140 valence electrons. The molecule has 1 aromatic rings. The van der Waals surface area contributed by atoms with Crippen LogP contribution in [0.3, 0.4) is 0 Å². The Morgan fingerprint density at radius 2 is 1.96 bits per heavy atom. The first-order chi connectivity index (χ1) is 11.5. The average molecular weight is 389 g/mol. The highest BCUT2D eigenvalue weighted by Crippen LogP contribution is 2.26. The van der Waals surface area contributed by atoms with E-state index in [0.717, 1.165) is 13.1 Å². The molecule has 0 unspecified atom stereocenters. The van der Waals surface area contributed by atoms with Crippen molar-refractivity contribution in [1.29, 1.82) is 0 Å². The van der Waals surface area contributed by atoms with Gasteiger partial charge in [0.1, 0.15) is 10.7 Å². The van der Waals surface area contributed by atoms with Gasteiger partial charge < -0.3 is 15.5 Å². The van der Waals surface area contributed by atoms with Crippen LogP contribution in [0.1, 0.15) is 25.3 Å². The van der Waals surface area contributed by atoms with Gasteiger partial charge in [0.25, 0.3) is 10.0 Å². The van der Waals surface area contributed by atoms with Gasteiger partial charge in [-0.2, -0.15) is 8.42 Å². The van der Waals surface area contributed by atoms with E-state index >= 15 is 0 Å². The van der Waals surface area contributed by atoms with Crippen molar-refractivity contribution in [3.8, 4) is 0 Å². The Kier molecular flexibility index (Phi) is 8.34. The number of hydrogen-bond donors (Lipinski definition) is 2. The molecular formula is C16H25ClN4O3S. The number of halogens is 1. The van der Waals surface area contributed by atoms with E-state index in [1.807, 2.05) is 6.92 Å². The minimum atomic E-state index is -3.60. The van der Waals surface area contributed by atoms with Crippen molar-refractivity contribution in [3.05, 3.63) is 29.8 Å². The van der Waals surface area contributed by atoms with Gasteiger partial charge in [-0.15, -0.1) is 16.8 Å². The predicted molar refractivity (Wildman–Crippen MR) is 101 cm³/mol. The normalized spacial score (nSPS) is 14.2. The fourth-order valence-corrected chi connectivity index (χ4v) is 3.75. The molecule has 0 fully saturated rings. The molecule has 0 radical (unpaired) electrons. The number of benzene rings is 1. The lowest BCUT2D eigenvalue weighted by Crippen LogP contribution is -2.32. The minimum Gasteiger partial charge on any atom is -0.358 e. The summed E-state index contributed by atoms with van der Waals surface area (Å²) >= 11 is 0. The Bertz CT molecular complexity index is 722. The maximum absolute atomic E-state index is 12.0. The Morgan fingerprint density at radius 1 is 1.24 bits per heavy atom. The molecule has 0 atom stereocenters. The molecule has 1 aliphatic rings. The summed E-state index contributed by atoms with van der Waals surface area (Å²) in [5.74, 6) is 0.445. The van der Waals surface area contributed by atoms with E-state index in [2.05, 4.69) is 15.0 Å². The van der Waals surface area contributed by atoms with E-state index in [1.165, 1.54) is 0 Å². The number of amides is 1. The molecule has 9 heteroatoms. The van der Waals surface area contributed by atoms with Gasteiger partial charge in [-0.3, -0.25) is 4.79 Å². The van der Waals surface area contributed by atoms with Crippen molar-refractivity contribution < 1.29 is 13.2 Å². The number of rotatable bonds is 8. The van der Waals surface area contributed by atoms with Crippen molar-refractivity contribution in [2.45, 2.75) is 24.7 Å². The first-order valence-corrected chi connectivity index (χ1v) is 9.52. The van der Waals surface area contributed by atoms with Crippen LogP contribution in [0.15, 0.2) is 33.6 Å². The smallest absolute Gasteiger partial charge is 0.285 e. The van der Waals surface area contributed by atoms with Crippen molar-refractivity contribution in [3.63, 3.8) is 0 Å². The summed E-state index contributed by atoms with van der Waals surface area (Å²) < 4.78 is 27.9. The number of sulfonamides is 1. The number of hydrogen-bond acceptors (Lipinski definition) is 5. The van der Waals surface area contributed by atoms with Crippen LogP contribution in [0.4, 0.5) is 0 Å². The highest BCUT2D eigenvalue weighted by molar-refractivity contribution is 7.90. The predicted octanol–water partition coefficient (Wildman–Crippen LogP) is 0.995. The SMILES string of the molecule is CCNCCNC(=O)CCCN(C)C1=NS(=O)(=O)c2ccccc21.Cl. The Hall–Kier alpha value is -1.64. The molecule has 2 N–H and O–H groups in total. The molecule has 25 heavy (non-hydrogen) atoms. The van der Waals surface area contributed by atoms with Crippen LogP contribution in [0, 0.1) is 0 Å². The molecule has 1 amide bonds. The number of nitrogens with zero attached hydrogens (tertiary/aromatic N) is 2. The molecule has 0 aromatic heterocycles. The molecule has 2 rings (SSSR count). The number of carbonyl (C=O) groups excluding carboxylic acids is 1. The maximum atomic E-state index is 12.0. The quantitative estimate of drug-likeness (QED) is 0.648. The largest absolute Gasteiger partial charge is 0.358 e. The molecule has 0 spiro atoms. The lowest BCUT2D eigenvalue weighted by atomic mass is 10.2. The summed E-state index contributed by atoms with van der Waals surface area (Å²) in [6, 6.07) is 6.79. The summed E-state index contributed by atoms with van der Waals surface area (Å²) in [5.41, 5.74) is 0.620. The van der Waals surface area contributed by atoms with Gasteiger partial charge in [-0.25, -0.2) is 0 Å². The van der Waals surface area contributed by atoms with E-state index < -0.39 is 10.0 Å². The second kappa shape index (κ2) is 9.74. The molecule has 0 bridgehead atoms. The van der Waals surface area contributed by atoms with Gasteiger partial charge >= 0.3 is 0 Å². The minimum absolute atomic E-state index is 0. The zero-order chi connectivity index (χ0) is 17.6. The maximum Gasteiger partial charge on any atom is 0.285 e. The standard InChI is InChI=1S/C16H24N4O3S.ClH/c1-3-17-10-11-18-15(21)9-6-12-20(2)16-13-7-4-5-8-14(13)24(22,23)19-16;/h4-5,7-8,17H,3,6,9-12H2,1-2H3,(H,18,21);1H. The van der Waals surface area contributed by atoms with Gasteiger partial charge in [0.05, 0.1) is 0 Å². The number of nitrogens with one attached hydrogen (secondary N) is 2.